The molecule has 0 radical (unpaired) electrons. The summed E-state index contributed by atoms with van der Waals surface area (Å²) in [7, 11) is 1.79. The van der Waals surface area contributed by atoms with Crippen LogP contribution in [0.4, 0.5) is 18.9 Å². The minimum Gasteiger partial charge on any atom is -0.449 e. The molecule has 1 heterocycles. The Labute approximate surface area is 163 Å². The second kappa shape index (κ2) is 7.86. The fourth-order valence-corrected chi connectivity index (χ4v) is 2.77. The van der Waals surface area contributed by atoms with E-state index in [1.54, 1.807) is 29.9 Å². The van der Waals surface area contributed by atoms with Crippen molar-refractivity contribution in [3.05, 3.63) is 60.3 Å². The maximum atomic E-state index is 12.5. The summed E-state index contributed by atoms with van der Waals surface area (Å²) in [5.74, 6) is -1.69. The van der Waals surface area contributed by atoms with Crippen molar-refractivity contribution in [1.82, 2.24) is 4.57 Å². The van der Waals surface area contributed by atoms with Gasteiger partial charge in [0.15, 0.2) is 6.10 Å². The van der Waals surface area contributed by atoms with E-state index in [0.717, 1.165) is 17.6 Å². The third-order valence-corrected chi connectivity index (χ3v) is 4.13. The molecular formula is C20H17F3N2O4. The molecule has 6 nitrogen and oxygen atoms in total. The minimum absolute atomic E-state index is 0.234. The van der Waals surface area contributed by atoms with Crippen LogP contribution in [0.15, 0.2) is 54.7 Å². The second-order valence-electron chi connectivity index (χ2n) is 6.28. The summed E-state index contributed by atoms with van der Waals surface area (Å²) >= 11 is 0. The molecule has 152 valence electrons. The Bertz CT molecular complexity index is 1040. The van der Waals surface area contributed by atoms with E-state index in [4.69, 9.17) is 4.74 Å². The Kier molecular flexibility index (Phi) is 5.49. The molecule has 0 aliphatic rings. The molecule has 1 N–H and O–H groups in total. The van der Waals surface area contributed by atoms with Gasteiger partial charge in [0.1, 0.15) is 5.75 Å². The standard InChI is InChI=1S/C20H17F3N2O4/c1-12(18(26)24-13-7-9-14(10-8-13)29-20(21,22)23)28-19(27)16-11-25(2)17-6-4-3-5-15(16)17/h3-12H,1-2H3,(H,24,26)/t12-/m1/s1. The van der Waals surface area contributed by atoms with E-state index in [2.05, 4.69) is 10.1 Å². The zero-order valence-electron chi connectivity index (χ0n) is 15.5. The molecule has 3 rings (SSSR count). The number of carbonyl (C=O) groups is 2. The van der Waals surface area contributed by atoms with E-state index in [0.29, 0.717) is 10.9 Å². The molecule has 29 heavy (non-hydrogen) atoms. The van der Waals surface area contributed by atoms with E-state index in [9.17, 15) is 22.8 Å². The van der Waals surface area contributed by atoms with Gasteiger partial charge in [-0.3, -0.25) is 4.79 Å². The predicted octanol–water partition coefficient (Wildman–Crippen LogP) is 4.26. The van der Waals surface area contributed by atoms with Crippen LogP contribution in [-0.4, -0.2) is 28.9 Å². The van der Waals surface area contributed by atoms with Gasteiger partial charge in [-0.25, -0.2) is 4.79 Å². The molecule has 0 bridgehead atoms. The van der Waals surface area contributed by atoms with Crippen molar-refractivity contribution in [3.63, 3.8) is 0 Å². The van der Waals surface area contributed by atoms with Crippen LogP contribution in [0.25, 0.3) is 10.9 Å². The summed E-state index contributed by atoms with van der Waals surface area (Å²) in [6.07, 6.45) is -4.29. The van der Waals surface area contributed by atoms with Crippen molar-refractivity contribution in [1.29, 1.82) is 0 Å². The number of amides is 1. The van der Waals surface area contributed by atoms with Gasteiger partial charge in [-0.2, -0.15) is 0 Å². The Morgan fingerprint density at radius 2 is 1.72 bits per heavy atom. The van der Waals surface area contributed by atoms with E-state index in [-0.39, 0.29) is 5.69 Å². The Morgan fingerprint density at radius 3 is 2.38 bits per heavy atom. The lowest BCUT2D eigenvalue weighted by Crippen LogP contribution is -2.30. The van der Waals surface area contributed by atoms with Gasteiger partial charge in [0.05, 0.1) is 5.56 Å². The van der Waals surface area contributed by atoms with Crippen molar-refractivity contribution < 1.29 is 32.2 Å². The molecule has 0 fully saturated rings. The van der Waals surface area contributed by atoms with Gasteiger partial charge in [-0.15, -0.1) is 13.2 Å². The van der Waals surface area contributed by atoms with E-state index >= 15 is 0 Å². The number of halogens is 3. The highest BCUT2D eigenvalue weighted by atomic mass is 19.4. The lowest BCUT2D eigenvalue weighted by atomic mass is 10.2. The number of esters is 1. The molecule has 0 aliphatic carbocycles. The lowest BCUT2D eigenvalue weighted by Gasteiger charge is -2.14. The quantitative estimate of drug-likeness (QED) is 0.643. The molecule has 0 unspecified atom stereocenters. The number of benzene rings is 2. The highest BCUT2D eigenvalue weighted by Gasteiger charge is 2.31. The molecule has 0 spiro atoms. The molecule has 0 saturated carbocycles. The van der Waals surface area contributed by atoms with Crippen molar-refractivity contribution in [2.45, 2.75) is 19.4 Å². The SMILES string of the molecule is C[C@@H](OC(=O)c1cn(C)c2ccccc12)C(=O)Nc1ccc(OC(F)(F)F)cc1. The third-order valence-electron chi connectivity index (χ3n) is 4.13. The van der Waals surface area contributed by atoms with Crippen LogP contribution < -0.4 is 10.1 Å². The number of fused-ring (bicyclic) bond motifs is 1. The number of hydrogen-bond acceptors (Lipinski definition) is 4. The average molecular weight is 406 g/mol. The fraction of sp³-hybridized carbons (Fsp3) is 0.200. The minimum atomic E-state index is -4.80. The van der Waals surface area contributed by atoms with Gasteiger partial charge < -0.3 is 19.4 Å². The summed E-state index contributed by atoms with van der Waals surface area (Å²) in [6.45, 7) is 1.40. The molecular weight excluding hydrogens is 389 g/mol. The molecule has 1 atom stereocenters. The number of rotatable bonds is 5. The molecule has 1 amide bonds. The normalized spacial score (nSPS) is 12.4. The van der Waals surface area contributed by atoms with Crippen LogP contribution >= 0.6 is 0 Å². The number of nitrogens with one attached hydrogen (secondary N) is 1. The molecule has 0 aliphatic heterocycles. The Morgan fingerprint density at radius 1 is 1.07 bits per heavy atom. The van der Waals surface area contributed by atoms with Crippen LogP contribution in [0, 0.1) is 0 Å². The number of para-hydroxylation sites is 1. The molecule has 0 saturated heterocycles. The highest BCUT2D eigenvalue weighted by Crippen LogP contribution is 2.24. The summed E-state index contributed by atoms with van der Waals surface area (Å²) in [4.78, 5) is 24.7. The van der Waals surface area contributed by atoms with Crippen LogP contribution in [0.2, 0.25) is 0 Å². The summed E-state index contributed by atoms with van der Waals surface area (Å²) in [6, 6.07) is 11.9. The molecule has 2 aromatic carbocycles. The zero-order valence-corrected chi connectivity index (χ0v) is 15.5. The van der Waals surface area contributed by atoms with Crippen molar-refractivity contribution in [2.24, 2.45) is 7.05 Å². The maximum absolute atomic E-state index is 12.5. The Hall–Kier alpha value is -3.49. The van der Waals surface area contributed by atoms with Crippen LogP contribution in [0.3, 0.4) is 0 Å². The number of nitrogens with zero attached hydrogens (tertiary/aromatic N) is 1. The molecule has 3 aromatic rings. The van der Waals surface area contributed by atoms with Crippen LogP contribution in [0.1, 0.15) is 17.3 Å². The number of hydrogen-bond donors (Lipinski definition) is 1. The number of carbonyl (C=O) groups excluding carboxylic acids is 2. The van der Waals surface area contributed by atoms with Gasteiger partial charge >= 0.3 is 12.3 Å². The Balaban J connectivity index is 1.63. The van der Waals surface area contributed by atoms with Gasteiger partial charge in [0.25, 0.3) is 5.91 Å². The first-order valence-electron chi connectivity index (χ1n) is 8.56. The van der Waals surface area contributed by atoms with E-state index in [1.807, 2.05) is 12.1 Å². The topological polar surface area (TPSA) is 69.6 Å². The van der Waals surface area contributed by atoms with Gasteiger partial charge in [-0.05, 0) is 37.3 Å². The lowest BCUT2D eigenvalue weighted by molar-refractivity contribution is -0.274. The number of aryl methyl sites for hydroxylation is 1. The summed E-state index contributed by atoms with van der Waals surface area (Å²) in [5.41, 5.74) is 1.41. The maximum Gasteiger partial charge on any atom is 0.573 e. The average Bonchev–Trinajstić information content (AvgIpc) is 2.99. The number of alkyl halides is 3. The largest absolute Gasteiger partial charge is 0.573 e. The van der Waals surface area contributed by atoms with Gasteiger partial charge in [0.2, 0.25) is 0 Å². The zero-order chi connectivity index (χ0) is 21.2. The van der Waals surface area contributed by atoms with E-state index in [1.165, 1.54) is 19.1 Å². The molecule has 9 heteroatoms. The first kappa shape index (κ1) is 20.2. The summed E-state index contributed by atoms with van der Waals surface area (Å²) in [5, 5.41) is 3.17. The van der Waals surface area contributed by atoms with Gasteiger partial charge in [-0.1, -0.05) is 18.2 Å². The first-order valence-corrected chi connectivity index (χ1v) is 8.56. The monoisotopic (exact) mass is 406 g/mol. The number of aromatic nitrogens is 1. The smallest absolute Gasteiger partial charge is 0.449 e. The van der Waals surface area contributed by atoms with Crippen molar-refractivity contribution in [3.8, 4) is 5.75 Å². The first-order chi connectivity index (χ1) is 13.6. The van der Waals surface area contributed by atoms with Crippen LogP contribution in [-0.2, 0) is 16.6 Å². The molecule has 1 aromatic heterocycles. The van der Waals surface area contributed by atoms with Gasteiger partial charge in [0, 0.05) is 29.8 Å². The highest BCUT2D eigenvalue weighted by molar-refractivity contribution is 6.05. The van der Waals surface area contributed by atoms with Crippen LogP contribution in [0.5, 0.6) is 5.75 Å². The van der Waals surface area contributed by atoms with Crippen molar-refractivity contribution >= 4 is 28.5 Å². The number of anilines is 1. The number of ether oxygens (including phenoxy) is 2. The van der Waals surface area contributed by atoms with E-state index < -0.39 is 30.1 Å². The predicted molar refractivity (Wildman–Crippen MR) is 99.6 cm³/mol. The fourth-order valence-electron chi connectivity index (χ4n) is 2.77. The van der Waals surface area contributed by atoms with Crippen molar-refractivity contribution in [2.75, 3.05) is 5.32 Å². The second-order valence-corrected chi connectivity index (χ2v) is 6.28. The summed E-state index contributed by atoms with van der Waals surface area (Å²) < 4.78 is 47.3. The third kappa shape index (κ3) is 4.87.